The zero-order valence-electron chi connectivity index (χ0n) is 17.1. The van der Waals surface area contributed by atoms with Crippen LogP contribution in [0, 0.1) is 0 Å². The summed E-state index contributed by atoms with van der Waals surface area (Å²) in [7, 11) is 1.65. The summed E-state index contributed by atoms with van der Waals surface area (Å²) in [4.78, 5) is 26.8. The average Bonchev–Trinajstić information content (AvgIpc) is 2.78. The summed E-state index contributed by atoms with van der Waals surface area (Å²) in [6.07, 6.45) is 1.51. The Hall–Kier alpha value is -2.16. The first kappa shape index (κ1) is 21.5. The van der Waals surface area contributed by atoms with E-state index in [1.54, 1.807) is 7.11 Å². The van der Waals surface area contributed by atoms with Crippen LogP contribution in [0.25, 0.3) is 0 Å². The molecule has 2 N–H and O–H groups in total. The predicted octanol–water partition coefficient (Wildman–Crippen LogP) is 0.308. The summed E-state index contributed by atoms with van der Waals surface area (Å²) < 4.78 is 16.4. The third kappa shape index (κ3) is 5.68. The molecule has 0 saturated carbocycles. The fourth-order valence-electron chi connectivity index (χ4n) is 3.95. The summed E-state index contributed by atoms with van der Waals surface area (Å²) in [5.74, 6) is -0.410. The van der Waals surface area contributed by atoms with Crippen LogP contribution in [0.4, 0.5) is 0 Å². The largest absolute Gasteiger partial charge is 0.496 e. The van der Waals surface area contributed by atoms with Crippen LogP contribution >= 0.6 is 0 Å². The number of carbonyl (C=O) groups excluding carboxylic acids is 2. The van der Waals surface area contributed by atoms with E-state index in [-0.39, 0.29) is 5.41 Å². The standard InChI is InChI=1S/C21H31N3O5/c1-27-18-5-3-2-4-17(18)21(6-12-28-13-7-21)16-23-20(26)19(25)22-8-9-24-10-14-29-15-11-24/h2-5H,6-16H2,1H3,(H,22,25)(H,23,26). The van der Waals surface area contributed by atoms with Crippen molar-refractivity contribution in [3.05, 3.63) is 29.8 Å². The molecule has 0 bridgehead atoms. The number of carbonyl (C=O) groups is 2. The Morgan fingerprint density at radius 3 is 2.41 bits per heavy atom. The van der Waals surface area contributed by atoms with Gasteiger partial charge in [0.05, 0.1) is 20.3 Å². The van der Waals surface area contributed by atoms with Crippen LogP contribution < -0.4 is 15.4 Å². The lowest BCUT2D eigenvalue weighted by atomic mass is 9.73. The second kappa shape index (κ2) is 10.6. The minimum atomic E-state index is -0.604. The van der Waals surface area contributed by atoms with Crippen LogP contribution in [0.1, 0.15) is 18.4 Å². The number of benzene rings is 1. The first-order valence-corrected chi connectivity index (χ1v) is 10.2. The number of nitrogens with one attached hydrogen (secondary N) is 2. The number of methoxy groups -OCH3 is 1. The van der Waals surface area contributed by atoms with Crippen LogP contribution in [0.3, 0.4) is 0 Å². The van der Waals surface area contributed by atoms with Crippen LogP contribution in [0.5, 0.6) is 5.75 Å². The number of rotatable bonds is 7. The lowest BCUT2D eigenvalue weighted by Crippen LogP contribution is -2.49. The monoisotopic (exact) mass is 405 g/mol. The summed E-state index contributed by atoms with van der Waals surface area (Å²) in [6.45, 7) is 5.87. The molecule has 8 heteroatoms. The van der Waals surface area contributed by atoms with Gasteiger partial charge >= 0.3 is 11.8 Å². The highest BCUT2D eigenvalue weighted by atomic mass is 16.5. The van der Waals surface area contributed by atoms with Crippen LogP contribution in [0.15, 0.2) is 24.3 Å². The highest BCUT2D eigenvalue weighted by molar-refractivity contribution is 6.35. The first-order chi connectivity index (χ1) is 14.1. The molecule has 2 amide bonds. The van der Waals surface area contributed by atoms with Gasteiger partial charge < -0.3 is 24.8 Å². The van der Waals surface area contributed by atoms with E-state index in [0.29, 0.717) is 46.1 Å². The van der Waals surface area contributed by atoms with Gasteiger partial charge in [-0.15, -0.1) is 0 Å². The van der Waals surface area contributed by atoms with Gasteiger partial charge in [0.2, 0.25) is 0 Å². The molecule has 1 aromatic rings. The van der Waals surface area contributed by atoms with Crippen molar-refractivity contribution < 1.29 is 23.8 Å². The van der Waals surface area contributed by atoms with Gasteiger partial charge in [-0.3, -0.25) is 14.5 Å². The number of nitrogens with zero attached hydrogens (tertiary/aromatic N) is 1. The SMILES string of the molecule is COc1ccccc1C1(CNC(=O)C(=O)NCCN2CCOCC2)CCOCC1. The molecule has 2 saturated heterocycles. The Morgan fingerprint density at radius 1 is 1.03 bits per heavy atom. The second-order valence-corrected chi connectivity index (χ2v) is 7.49. The number of amides is 2. The fraction of sp³-hybridized carbons (Fsp3) is 0.619. The number of hydrogen-bond donors (Lipinski definition) is 2. The van der Waals surface area contributed by atoms with Gasteiger partial charge in [0.15, 0.2) is 0 Å². The Bertz CT molecular complexity index is 685. The minimum Gasteiger partial charge on any atom is -0.496 e. The van der Waals surface area contributed by atoms with Crippen LogP contribution in [0.2, 0.25) is 0 Å². The molecular formula is C21H31N3O5. The lowest BCUT2D eigenvalue weighted by Gasteiger charge is -2.38. The molecule has 3 rings (SSSR count). The first-order valence-electron chi connectivity index (χ1n) is 10.2. The molecule has 2 heterocycles. The molecule has 2 fully saturated rings. The van der Waals surface area contributed by atoms with Gasteiger partial charge in [0.25, 0.3) is 0 Å². The summed E-state index contributed by atoms with van der Waals surface area (Å²) >= 11 is 0. The fourth-order valence-corrected chi connectivity index (χ4v) is 3.95. The van der Waals surface area contributed by atoms with E-state index in [0.717, 1.165) is 37.2 Å². The minimum absolute atomic E-state index is 0.311. The zero-order chi connectivity index (χ0) is 20.5. The third-order valence-electron chi connectivity index (χ3n) is 5.74. The molecule has 0 spiro atoms. The van der Waals surface area contributed by atoms with Gasteiger partial charge in [-0.2, -0.15) is 0 Å². The molecule has 2 aliphatic rings. The van der Waals surface area contributed by atoms with Gasteiger partial charge in [-0.1, -0.05) is 18.2 Å². The quantitative estimate of drug-likeness (QED) is 0.635. The maximum atomic E-state index is 12.4. The van der Waals surface area contributed by atoms with Gasteiger partial charge in [0.1, 0.15) is 5.75 Å². The van der Waals surface area contributed by atoms with Crippen LogP contribution in [-0.4, -0.2) is 83.0 Å². The van der Waals surface area contributed by atoms with E-state index in [1.165, 1.54) is 0 Å². The maximum absolute atomic E-state index is 12.4. The van der Waals surface area contributed by atoms with Crippen molar-refractivity contribution >= 4 is 11.8 Å². The Balaban J connectivity index is 1.54. The smallest absolute Gasteiger partial charge is 0.309 e. The zero-order valence-corrected chi connectivity index (χ0v) is 17.1. The van der Waals surface area contributed by atoms with E-state index < -0.39 is 11.8 Å². The molecule has 2 aliphatic heterocycles. The van der Waals surface area contributed by atoms with E-state index in [2.05, 4.69) is 15.5 Å². The third-order valence-corrected chi connectivity index (χ3v) is 5.74. The van der Waals surface area contributed by atoms with E-state index in [9.17, 15) is 9.59 Å². The number of morpholine rings is 1. The normalized spacial score (nSPS) is 19.3. The molecule has 160 valence electrons. The molecule has 0 atom stereocenters. The molecular weight excluding hydrogens is 374 g/mol. The van der Waals surface area contributed by atoms with Gasteiger partial charge in [-0.05, 0) is 18.9 Å². The second-order valence-electron chi connectivity index (χ2n) is 7.49. The van der Waals surface area contributed by atoms with Crippen molar-refractivity contribution in [2.75, 3.05) is 66.3 Å². The van der Waals surface area contributed by atoms with Crippen molar-refractivity contribution in [1.29, 1.82) is 0 Å². The van der Waals surface area contributed by atoms with E-state index in [4.69, 9.17) is 14.2 Å². The number of ether oxygens (including phenoxy) is 3. The summed E-state index contributed by atoms with van der Waals surface area (Å²) in [5, 5.41) is 5.55. The number of hydrogen-bond acceptors (Lipinski definition) is 6. The van der Waals surface area contributed by atoms with Crippen LogP contribution in [-0.2, 0) is 24.5 Å². The van der Waals surface area contributed by atoms with Crippen molar-refractivity contribution in [1.82, 2.24) is 15.5 Å². The van der Waals surface area contributed by atoms with Crippen molar-refractivity contribution in [2.24, 2.45) is 0 Å². The predicted molar refractivity (Wildman–Crippen MR) is 108 cm³/mol. The van der Waals surface area contributed by atoms with Crippen molar-refractivity contribution in [3.8, 4) is 5.75 Å². The number of para-hydroxylation sites is 1. The average molecular weight is 405 g/mol. The van der Waals surface area contributed by atoms with E-state index >= 15 is 0 Å². The topological polar surface area (TPSA) is 89.1 Å². The summed E-state index contributed by atoms with van der Waals surface area (Å²) in [5.41, 5.74) is 0.730. The molecule has 0 aromatic heterocycles. The van der Waals surface area contributed by atoms with Crippen molar-refractivity contribution in [2.45, 2.75) is 18.3 Å². The van der Waals surface area contributed by atoms with E-state index in [1.807, 2.05) is 24.3 Å². The molecule has 0 radical (unpaired) electrons. The molecule has 8 nitrogen and oxygen atoms in total. The Morgan fingerprint density at radius 2 is 1.69 bits per heavy atom. The maximum Gasteiger partial charge on any atom is 0.309 e. The molecule has 0 aliphatic carbocycles. The molecule has 1 aromatic carbocycles. The van der Waals surface area contributed by atoms with Gasteiger partial charge in [0, 0.05) is 56.9 Å². The lowest BCUT2D eigenvalue weighted by molar-refractivity contribution is -0.139. The highest BCUT2D eigenvalue weighted by Gasteiger charge is 2.37. The molecule has 29 heavy (non-hydrogen) atoms. The van der Waals surface area contributed by atoms with Gasteiger partial charge in [-0.25, -0.2) is 0 Å². The van der Waals surface area contributed by atoms with Crippen molar-refractivity contribution in [3.63, 3.8) is 0 Å². The molecule has 0 unspecified atom stereocenters. The summed E-state index contributed by atoms with van der Waals surface area (Å²) in [6, 6.07) is 7.84. The Labute approximate surface area is 171 Å². The Kier molecular flexibility index (Phi) is 7.85. The highest BCUT2D eigenvalue weighted by Crippen LogP contribution is 2.39.